The van der Waals surface area contributed by atoms with Crippen LogP contribution in [0.2, 0.25) is 0 Å². The third-order valence-corrected chi connectivity index (χ3v) is 7.09. The van der Waals surface area contributed by atoms with E-state index >= 15 is 0 Å². The zero-order valence-corrected chi connectivity index (χ0v) is 22.7. The summed E-state index contributed by atoms with van der Waals surface area (Å²) in [5.74, 6) is -0.779. The molecule has 1 saturated heterocycles. The molecule has 2 N–H and O–H groups in total. The first kappa shape index (κ1) is 26.4. The number of hydrogen-bond acceptors (Lipinski definition) is 10. The van der Waals surface area contributed by atoms with Crippen LogP contribution < -0.4 is 15.5 Å². The number of thiophene rings is 1. The minimum absolute atomic E-state index is 0.256. The van der Waals surface area contributed by atoms with Gasteiger partial charge in [0.05, 0.1) is 24.2 Å². The van der Waals surface area contributed by atoms with Crippen molar-refractivity contribution in [1.82, 2.24) is 9.88 Å². The molecule has 196 valence electrons. The van der Waals surface area contributed by atoms with Crippen LogP contribution in [0.1, 0.15) is 40.9 Å². The number of esters is 1. The summed E-state index contributed by atoms with van der Waals surface area (Å²) in [5.41, 5.74) is 1.82. The molecule has 0 radical (unpaired) electrons. The van der Waals surface area contributed by atoms with Crippen molar-refractivity contribution in [1.29, 1.82) is 0 Å². The maximum Gasteiger partial charge on any atom is 0.410 e. The van der Waals surface area contributed by atoms with Crippen molar-refractivity contribution in [3.8, 4) is 0 Å². The lowest BCUT2D eigenvalue weighted by Gasteiger charge is -2.37. The van der Waals surface area contributed by atoms with Gasteiger partial charge in [0.2, 0.25) is 0 Å². The van der Waals surface area contributed by atoms with Gasteiger partial charge < -0.3 is 29.9 Å². The predicted octanol–water partition coefficient (Wildman–Crippen LogP) is 5.04. The number of ether oxygens (including phenoxy) is 2. The Bertz CT molecular complexity index is 1270. The predicted molar refractivity (Wildman–Crippen MR) is 145 cm³/mol. The number of piperazine rings is 1. The molecule has 2 aromatic heterocycles. The monoisotopic (exact) mass is 543 g/mol. The molecule has 1 fully saturated rings. The summed E-state index contributed by atoms with van der Waals surface area (Å²) in [6.45, 7) is 7.82. The van der Waals surface area contributed by atoms with E-state index in [-0.39, 0.29) is 17.7 Å². The van der Waals surface area contributed by atoms with E-state index in [2.05, 4.69) is 20.5 Å². The number of hydrogen-bond donors (Lipinski definition) is 2. The summed E-state index contributed by atoms with van der Waals surface area (Å²) < 4.78 is 10.3. The van der Waals surface area contributed by atoms with Crippen molar-refractivity contribution in [2.45, 2.75) is 26.4 Å². The highest BCUT2D eigenvalue weighted by Crippen LogP contribution is 2.30. The molecule has 3 heterocycles. The standard InChI is InChI=1S/C25H29N5O5S2/c1-25(2,3)35-24(33)30-12-10-29(11-13-30)19-8-6-5-7-16(19)26-21(31)18-15-37-23(28-18)27-17-9-14-36-20(17)22(32)34-4/h5-9,14-15H,10-13H2,1-4H3,(H,26,31)(H,27,28). The second-order valence-electron chi connectivity index (χ2n) is 9.24. The molecule has 37 heavy (non-hydrogen) atoms. The number of methoxy groups -OCH3 is 1. The first-order valence-corrected chi connectivity index (χ1v) is 13.4. The minimum Gasteiger partial charge on any atom is -0.465 e. The van der Waals surface area contributed by atoms with Crippen LogP contribution in [0.3, 0.4) is 0 Å². The average Bonchev–Trinajstić information content (AvgIpc) is 3.53. The fourth-order valence-electron chi connectivity index (χ4n) is 3.71. The summed E-state index contributed by atoms with van der Waals surface area (Å²) in [6, 6.07) is 9.31. The summed E-state index contributed by atoms with van der Waals surface area (Å²) in [5, 5.41) is 9.96. The molecule has 0 unspecified atom stereocenters. The van der Waals surface area contributed by atoms with Gasteiger partial charge in [-0.05, 0) is 44.4 Å². The lowest BCUT2D eigenvalue weighted by Crippen LogP contribution is -2.50. The third kappa shape index (κ3) is 6.57. The quantitative estimate of drug-likeness (QED) is 0.416. The van der Waals surface area contributed by atoms with Crippen LogP contribution in [0.4, 0.5) is 27.0 Å². The summed E-state index contributed by atoms with van der Waals surface area (Å²) in [7, 11) is 1.33. The number of thiazole rings is 1. The van der Waals surface area contributed by atoms with Gasteiger partial charge in [-0.25, -0.2) is 14.6 Å². The second kappa shape index (κ2) is 11.2. The van der Waals surface area contributed by atoms with E-state index < -0.39 is 11.6 Å². The number of benzene rings is 1. The van der Waals surface area contributed by atoms with Crippen LogP contribution in [0.5, 0.6) is 0 Å². The molecule has 0 spiro atoms. The molecule has 1 aliphatic heterocycles. The number of nitrogens with one attached hydrogen (secondary N) is 2. The van der Waals surface area contributed by atoms with Crippen molar-refractivity contribution in [3.63, 3.8) is 0 Å². The number of anilines is 4. The molecule has 10 nitrogen and oxygen atoms in total. The molecule has 0 aliphatic carbocycles. The van der Waals surface area contributed by atoms with Crippen molar-refractivity contribution in [2.75, 3.05) is 48.8 Å². The van der Waals surface area contributed by atoms with Gasteiger partial charge in [-0.3, -0.25) is 4.79 Å². The Kier molecular flexibility index (Phi) is 7.98. The smallest absolute Gasteiger partial charge is 0.410 e. The van der Waals surface area contributed by atoms with Crippen molar-refractivity contribution >= 4 is 62.8 Å². The Morgan fingerprint density at radius 3 is 2.43 bits per heavy atom. The van der Waals surface area contributed by atoms with Crippen molar-refractivity contribution < 1.29 is 23.9 Å². The topological polar surface area (TPSA) is 113 Å². The average molecular weight is 544 g/mol. The summed E-state index contributed by atoms with van der Waals surface area (Å²) in [4.78, 5) is 46.0. The molecule has 4 rings (SSSR count). The molecular formula is C25H29N5O5S2. The summed E-state index contributed by atoms with van der Waals surface area (Å²) >= 11 is 2.53. The van der Waals surface area contributed by atoms with Gasteiger partial charge in [-0.2, -0.15) is 0 Å². The molecule has 12 heteroatoms. The van der Waals surface area contributed by atoms with E-state index in [1.807, 2.05) is 45.0 Å². The van der Waals surface area contributed by atoms with Crippen LogP contribution in [0.25, 0.3) is 0 Å². The largest absolute Gasteiger partial charge is 0.465 e. The fourth-order valence-corrected chi connectivity index (χ4v) is 5.18. The van der Waals surface area contributed by atoms with Gasteiger partial charge in [0.1, 0.15) is 16.2 Å². The minimum atomic E-state index is -0.538. The molecule has 0 saturated carbocycles. The maximum atomic E-state index is 13.0. The Morgan fingerprint density at radius 1 is 1.00 bits per heavy atom. The van der Waals surface area contributed by atoms with E-state index in [4.69, 9.17) is 9.47 Å². The molecule has 1 aromatic carbocycles. The Hall–Kier alpha value is -3.64. The van der Waals surface area contributed by atoms with Crippen molar-refractivity contribution in [3.05, 3.63) is 51.7 Å². The highest BCUT2D eigenvalue weighted by molar-refractivity contribution is 7.14. The lowest BCUT2D eigenvalue weighted by molar-refractivity contribution is 0.0240. The lowest BCUT2D eigenvalue weighted by atomic mass is 10.2. The van der Waals surface area contributed by atoms with E-state index in [1.54, 1.807) is 21.7 Å². The fraction of sp³-hybridized carbons (Fsp3) is 0.360. The van der Waals surface area contributed by atoms with E-state index in [1.165, 1.54) is 29.8 Å². The van der Waals surface area contributed by atoms with Crippen LogP contribution in [0.15, 0.2) is 41.1 Å². The van der Waals surface area contributed by atoms with E-state index in [0.717, 1.165) is 5.69 Å². The van der Waals surface area contributed by atoms with Gasteiger partial charge in [-0.15, -0.1) is 22.7 Å². The molecule has 3 aromatic rings. The molecule has 0 bridgehead atoms. The Labute approximate surface area is 223 Å². The maximum absolute atomic E-state index is 13.0. The molecule has 2 amide bonds. The van der Waals surface area contributed by atoms with E-state index in [9.17, 15) is 14.4 Å². The number of rotatable bonds is 6. The van der Waals surface area contributed by atoms with E-state index in [0.29, 0.717) is 47.6 Å². The van der Waals surface area contributed by atoms with Crippen LogP contribution in [-0.2, 0) is 9.47 Å². The second-order valence-corrected chi connectivity index (χ2v) is 11.0. The molecular weight excluding hydrogens is 514 g/mol. The van der Waals surface area contributed by atoms with Crippen LogP contribution >= 0.6 is 22.7 Å². The molecule has 0 atom stereocenters. The SMILES string of the molecule is COC(=O)c1sccc1Nc1nc(C(=O)Nc2ccccc2N2CCN(C(=O)OC(C)(C)C)CC2)cs1. The van der Waals surface area contributed by atoms with Crippen LogP contribution in [0, 0.1) is 0 Å². The van der Waals surface area contributed by atoms with Gasteiger partial charge in [0.25, 0.3) is 5.91 Å². The van der Waals surface area contributed by atoms with Gasteiger partial charge in [-0.1, -0.05) is 12.1 Å². The number of carbonyl (C=O) groups is 3. The van der Waals surface area contributed by atoms with Crippen molar-refractivity contribution in [2.24, 2.45) is 0 Å². The van der Waals surface area contributed by atoms with Gasteiger partial charge in [0.15, 0.2) is 5.13 Å². The third-order valence-electron chi connectivity index (χ3n) is 5.44. The van der Waals surface area contributed by atoms with Gasteiger partial charge >= 0.3 is 12.1 Å². The number of carbonyl (C=O) groups excluding carboxylic acids is 3. The number of aromatic nitrogens is 1. The molecule has 1 aliphatic rings. The Balaban J connectivity index is 1.39. The van der Waals surface area contributed by atoms with Crippen LogP contribution in [-0.4, -0.2) is 66.7 Å². The number of nitrogens with zero attached hydrogens (tertiary/aromatic N) is 3. The normalized spacial score (nSPS) is 13.7. The highest BCUT2D eigenvalue weighted by atomic mass is 32.1. The first-order chi connectivity index (χ1) is 17.6. The van der Waals surface area contributed by atoms with Gasteiger partial charge in [0, 0.05) is 31.6 Å². The summed E-state index contributed by atoms with van der Waals surface area (Å²) in [6.07, 6.45) is -0.317. The zero-order valence-electron chi connectivity index (χ0n) is 21.1. The first-order valence-electron chi connectivity index (χ1n) is 11.7. The number of para-hydroxylation sites is 2. The number of amides is 2. The highest BCUT2D eigenvalue weighted by Gasteiger charge is 2.27. The zero-order chi connectivity index (χ0) is 26.6. The Morgan fingerprint density at radius 2 is 1.73 bits per heavy atom.